The average molecular weight is 558 g/mol. The summed E-state index contributed by atoms with van der Waals surface area (Å²) < 4.78 is 5.36. The van der Waals surface area contributed by atoms with E-state index < -0.39 is 23.8 Å². The van der Waals surface area contributed by atoms with E-state index in [0.29, 0.717) is 22.8 Å². The van der Waals surface area contributed by atoms with Gasteiger partial charge in [0.1, 0.15) is 17.7 Å². The molecule has 0 aliphatic carbocycles. The molecule has 2 N–H and O–H groups in total. The molecule has 0 saturated carbocycles. The number of hydrogen-bond acceptors (Lipinski definition) is 4. The summed E-state index contributed by atoms with van der Waals surface area (Å²) in [5.41, 5.74) is 1.29. The number of alkyl carbamates (subject to hydrolysis) is 1. The van der Waals surface area contributed by atoms with Crippen molar-refractivity contribution in [3.05, 3.63) is 64.7 Å². The van der Waals surface area contributed by atoms with Crippen molar-refractivity contribution in [1.29, 1.82) is 0 Å². The van der Waals surface area contributed by atoms with Gasteiger partial charge in [-0.1, -0.05) is 93.1 Å². The van der Waals surface area contributed by atoms with Gasteiger partial charge in [0, 0.05) is 6.54 Å². The van der Waals surface area contributed by atoms with Crippen LogP contribution in [0.5, 0.6) is 0 Å². The molecular formula is C31H44ClN3O4. The van der Waals surface area contributed by atoms with Crippen molar-refractivity contribution >= 4 is 35.2 Å². The van der Waals surface area contributed by atoms with E-state index in [0.717, 1.165) is 37.7 Å². The summed E-state index contributed by atoms with van der Waals surface area (Å²) in [6.45, 7) is 11.3. The molecule has 2 aromatic rings. The second-order valence-corrected chi connectivity index (χ2v) is 11.3. The standard InChI is InChI=1S/C31H44ClN3O4/c1-7-8-9-10-11-15-21-35(29(37)23(3)33-30(38)39-31(4,5)6)27(24-18-13-12-14-19-24)28(36)34-26-22(2)17-16-20-25(26)32/h12-14,16-20,23,27H,7-11,15,21H2,1-6H3,(H,33,38)(H,34,36). The Balaban J connectivity index is 2.39. The molecule has 2 rings (SSSR count). The lowest BCUT2D eigenvalue weighted by Crippen LogP contribution is -2.51. The number of anilines is 1. The maximum atomic E-state index is 13.9. The highest BCUT2D eigenvalue weighted by molar-refractivity contribution is 6.34. The van der Waals surface area contributed by atoms with E-state index in [1.807, 2.05) is 49.4 Å². The molecule has 3 amide bonds. The van der Waals surface area contributed by atoms with Crippen LogP contribution in [0, 0.1) is 6.92 Å². The topological polar surface area (TPSA) is 87.7 Å². The molecular weight excluding hydrogens is 514 g/mol. The molecule has 0 saturated heterocycles. The molecule has 7 nitrogen and oxygen atoms in total. The Hall–Kier alpha value is -3.06. The van der Waals surface area contributed by atoms with Gasteiger partial charge in [0.15, 0.2) is 0 Å². The second-order valence-electron chi connectivity index (χ2n) is 10.9. The normalized spacial score (nSPS) is 12.8. The number of unbranched alkanes of at least 4 members (excludes halogenated alkanes) is 5. The van der Waals surface area contributed by atoms with Crippen molar-refractivity contribution < 1.29 is 19.1 Å². The van der Waals surface area contributed by atoms with Crippen molar-refractivity contribution in [1.82, 2.24) is 10.2 Å². The average Bonchev–Trinajstić information content (AvgIpc) is 2.86. The van der Waals surface area contributed by atoms with Gasteiger partial charge in [-0.25, -0.2) is 4.79 Å². The first-order chi connectivity index (χ1) is 18.4. The van der Waals surface area contributed by atoms with Crippen LogP contribution < -0.4 is 10.6 Å². The molecule has 0 fully saturated rings. The zero-order chi connectivity index (χ0) is 29.0. The third kappa shape index (κ3) is 10.6. The minimum Gasteiger partial charge on any atom is -0.444 e. The van der Waals surface area contributed by atoms with Gasteiger partial charge in [-0.3, -0.25) is 9.59 Å². The molecule has 0 spiro atoms. The lowest BCUT2D eigenvalue weighted by atomic mass is 10.0. The number of hydrogen-bond donors (Lipinski definition) is 2. The van der Waals surface area contributed by atoms with Crippen LogP contribution in [0.25, 0.3) is 0 Å². The van der Waals surface area contributed by atoms with E-state index >= 15 is 0 Å². The predicted octanol–water partition coefficient (Wildman–Crippen LogP) is 7.43. The fourth-order valence-corrected chi connectivity index (χ4v) is 4.58. The zero-order valence-corrected chi connectivity index (χ0v) is 24.9. The van der Waals surface area contributed by atoms with Crippen LogP contribution >= 0.6 is 11.6 Å². The molecule has 214 valence electrons. The summed E-state index contributed by atoms with van der Waals surface area (Å²) in [5, 5.41) is 6.03. The molecule has 0 bridgehead atoms. The highest BCUT2D eigenvalue weighted by Gasteiger charge is 2.34. The van der Waals surface area contributed by atoms with Crippen molar-refractivity contribution in [2.75, 3.05) is 11.9 Å². The first-order valence-corrected chi connectivity index (χ1v) is 14.2. The fraction of sp³-hybridized carbons (Fsp3) is 0.516. The predicted molar refractivity (Wildman–Crippen MR) is 158 cm³/mol. The van der Waals surface area contributed by atoms with E-state index in [-0.39, 0.29) is 11.8 Å². The minimum absolute atomic E-state index is 0.361. The maximum absolute atomic E-state index is 13.9. The number of halogens is 1. The Morgan fingerprint density at radius 1 is 0.949 bits per heavy atom. The maximum Gasteiger partial charge on any atom is 0.408 e. The largest absolute Gasteiger partial charge is 0.444 e. The van der Waals surface area contributed by atoms with E-state index in [9.17, 15) is 14.4 Å². The number of nitrogens with zero attached hydrogens (tertiary/aromatic N) is 1. The first-order valence-electron chi connectivity index (χ1n) is 13.9. The van der Waals surface area contributed by atoms with Crippen LogP contribution in [0.2, 0.25) is 5.02 Å². The highest BCUT2D eigenvalue weighted by Crippen LogP contribution is 2.29. The quantitative estimate of drug-likeness (QED) is 0.251. The molecule has 8 heteroatoms. The molecule has 2 unspecified atom stereocenters. The third-order valence-electron chi connectivity index (χ3n) is 6.28. The van der Waals surface area contributed by atoms with Crippen molar-refractivity contribution in [3.8, 4) is 0 Å². The van der Waals surface area contributed by atoms with Crippen LogP contribution in [0.3, 0.4) is 0 Å². The number of benzene rings is 2. The third-order valence-corrected chi connectivity index (χ3v) is 6.60. The first kappa shape index (κ1) is 32.2. The summed E-state index contributed by atoms with van der Waals surface area (Å²) >= 11 is 6.41. The number of para-hydroxylation sites is 1. The molecule has 0 aromatic heterocycles. The Labute approximate surface area is 238 Å². The number of carbonyl (C=O) groups is 3. The molecule has 0 aliphatic heterocycles. The van der Waals surface area contributed by atoms with E-state index in [4.69, 9.17) is 16.3 Å². The number of amides is 3. The summed E-state index contributed by atoms with van der Waals surface area (Å²) in [6, 6.07) is 12.8. The van der Waals surface area contributed by atoms with E-state index in [1.54, 1.807) is 38.7 Å². The summed E-state index contributed by atoms with van der Waals surface area (Å²) in [5.74, 6) is -0.740. The van der Waals surface area contributed by atoms with Crippen molar-refractivity contribution in [3.63, 3.8) is 0 Å². The Bertz CT molecular complexity index is 1060. The zero-order valence-electron chi connectivity index (χ0n) is 24.2. The molecule has 0 heterocycles. The Morgan fingerprint density at radius 3 is 2.21 bits per heavy atom. The number of aryl methyl sites for hydroxylation is 1. The number of rotatable bonds is 13. The van der Waals surface area contributed by atoms with Crippen LogP contribution in [-0.4, -0.2) is 41.0 Å². The minimum atomic E-state index is -0.923. The van der Waals surface area contributed by atoms with Gasteiger partial charge in [0.2, 0.25) is 5.91 Å². The van der Waals surface area contributed by atoms with Gasteiger partial charge < -0.3 is 20.3 Å². The van der Waals surface area contributed by atoms with Crippen LogP contribution in [0.15, 0.2) is 48.5 Å². The Morgan fingerprint density at radius 2 is 1.59 bits per heavy atom. The lowest BCUT2D eigenvalue weighted by Gasteiger charge is -2.34. The van der Waals surface area contributed by atoms with Crippen molar-refractivity contribution in [2.24, 2.45) is 0 Å². The summed E-state index contributed by atoms with van der Waals surface area (Å²) in [7, 11) is 0. The highest BCUT2D eigenvalue weighted by atomic mass is 35.5. The molecule has 0 radical (unpaired) electrons. The van der Waals surface area contributed by atoms with Gasteiger partial charge in [-0.2, -0.15) is 0 Å². The monoisotopic (exact) mass is 557 g/mol. The van der Waals surface area contributed by atoms with E-state index in [1.165, 1.54) is 6.42 Å². The van der Waals surface area contributed by atoms with E-state index in [2.05, 4.69) is 17.6 Å². The van der Waals surface area contributed by atoms with Gasteiger partial charge >= 0.3 is 6.09 Å². The number of ether oxygens (including phenoxy) is 1. The van der Waals surface area contributed by atoms with Gasteiger partial charge in [0.05, 0.1) is 10.7 Å². The lowest BCUT2D eigenvalue weighted by molar-refractivity contribution is -0.140. The van der Waals surface area contributed by atoms with Crippen LogP contribution in [-0.2, 0) is 14.3 Å². The Kier molecular flexibility index (Phi) is 12.8. The number of nitrogens with one attached hydrogen (secondary N) is 2. The fourth-order valence-electron chi connectivity index (χ4n) is 4.31. The van der Waals surface area contributed by atoms with Crippen LogP contribution in [0.1, 0.15) is 90.3 Å². The molecule has 39 heavy (non-hydrogen) atoms. The SMILES string of the molecule is CCCCCCCCN(C(=O)C(C)NC(=O)OC(C)(C)C)C(C(=O)Nc1c(C)cccc1Cl)c1ccccc1. The molecule has 0 aliphatic rings. The van der Waals surface area contributed by atoms with Gasteiger partial charge in [0.25, 0.3) is 5.91 Å². The smallest absolute Gasteiger partial charge is 0.408 e. The van der Waals surface area contributed by atoms with Crippen molar-refractivity contribution in [2.45, 2.75) is 97.8 Å². The van der Waals surface area contributed by atoms with Gasteiger partial charge in [-0.15, -0.1) is 0 Å². The summed E-state index contributed by atoms with van der Waals surface area (Å²) in [4.78, 5) is 41.8. The molecule has 2 atom stereocenters. The number of carbonyl (C=O) groups excluding carboxylic acids is 3. The summed E-state index contributed by atoms with van der Waals surface area (Å²) in [6.07, 6.45) is 5.50. The van der Waals surface area contributed by atoms with Crippen LogP contribution in [0.4, 0.5) is 10.5 Å². The second kappa shape index (κ2) is 15.5. The molecule has 2 aromatic carbocycles. The van der Waals surface area contributed by atoms with Gasteiger partial charge in [-0.05, 0) is 58.2 Å².